The van der Waals surface area contributed by atoms with Gasteiger partial charge in [-0.1, -0.05) is 19.0 Å². The molecule has 1 heterocycles. The summed E-state index contributed by atoms with van der Waals surface area (Å²) in [6.45, 7) is 7.31. The van der Waals surface area contributed by atoms with Crippen molar-refractivity contribution >= 4 is 6.01 Å². The van der Waals surface area contributed by atoms with Crippen LogP contribution in [-0.4, -0.2) is 16.7 Å². The summed E-state index contributed by atoms with van der Waals surface area (Å²) in [5.41, 5.74) is 0.502. The molecule has 1 N–H and O–H groups in total. The third-order valence-electron chi connectivity index (χ3n) is 2.74. The van der Waals surface area contributed by atoms with Gasteiger partial charge < -0.3 is 9.84 Å². The normalized spacial score (nSPS) is 24.4. The minimum Gasteiger partial charge on any atom is -0.337 e. The quantitative estimate of drug-likeness (QED) is 0.773. The SMILES string of the molecule is Cc1noc(NCC2CC2(C)C)n1. The van der Waals surface area contributed by atoms with Crippen LogP contribution in [0.3, 0.4) is 0 Å². The van der Waals surface area contributed by atoms with Gasteiger partial charge in [0.2, 0.25) is 0 Å². The summed E-state index contributed by atoms with van der Waals surface area (Å²) in [6, 6.07) is 0.542. The molecule has 13 heavy (non-hydrogen) atoms. The molecule has 0 amide bonds. The van der Waals surface area contributed by atoms with E-state index >= 15 is 0 Å². The molecule has 0 saturated heterocycles. The van der Waals surface area contributed by atoms with E-state index in [1.807, 2.05) is 6.92 Å². The number of hydrogen-bond donors (Lipinski definition) is 1. The minimum atomic E-state index is 0.502. The van der Waals surface area contributed by atoms with Gasteiger partial charge >= 0.3 is 6.01 Å². The Hall–Kier alpha value is -1.06. The van der Waals surface area contributed by atoms with E-state index in [1.54, 1.807) is 0 Å². The molecule has 1 saturated carbocycles. The van der Waals surface area contributed by atoms with Crippen molar-refractivity contribution in [3.05, 3.63) is 5.82 Å². The van der Waals surface area contributed by atoms with Gasteiger partial charge in [0.1, 0.15) is 0 Å². The van der Waals surface area contributed by atoms with Crippen molar-refractivity contribution in [2.75, 3.05) is 11.9 Å². The van der Waals surface area contributed by atoms with Crippen molar-refractivity contribution in [1.29, 1.82) is 0 Å². The molecule has 1 aliphatic carbocycles. The molecule has 1 unspecified atom stereocenters. The van der Waals surface area contributed by atoms with Gasteiger partial charge in [0.05, 0.1) is 0 Å². The number of rotatable bonds is 3. The van der Waals surface area contributed by atoms with Crippen LogP contribution in [0.1, 0.15) is 26.1 Å². The summed E-state index contributed by atoms with van der Waals surface area (Å²) < 4.78 is 4.94. The average Bonchev–Trinajstić information content (AvgIpc) is 2.45. The summed E-state index contributed by atoms with van der Waals surface area (Å²) in [4.78, 5) is 4.07. The Balaban J connectivity index is 1.81. The van der Waals surface area contributed by atoms with Crippen LogP contribution in [-0.2, 0) is 0 Å². The van der Waals surface area contributed by atoms with Crippen molar-refractivity contribution in [3.63, 3.8) is 0 Å². The fourth-order valence-corrected chi connectivity index (χ4v) is 1.50. The van der Waals surface area contributed by atoms with E-state index < -0.39 is 0 Å². The predicted molar refractivity (Wildman–Crippen MR) is 49.4 cm³/mol. The lowest BCUT2D eigenvalue weighted by Crippen LogP contribution is -2.07. The largest absolute Gasteiger partial charge is 0.337 e. The van der Waals surface area contributed by atoms with Crippen molar-refractivity contribution in [1.82, 2.24) is 10.1 Å². The third-order valence-corrected chi connectivity index (χ3v) is 2.74. The lowest BCUT2D eigenvalue weighted by Gasteiger charge is -2.02. The minimum absolute atomic E-state index is 0.502. The Bertz CT molecular complexity index is 306. The van der Waals surface area contributed by atoms with Gasteiger partial charge in [0.15, 0.2) is 5.82 Å². The summed E-state index contributed by atoms with van der Waals surface area (Å²) in [5, 5.41) is 6.85. The molecule has 0 aliphatic heterocycles. The van der Waals surface area contributed by atoms with Crippen LogP contribution in [0, 0.1) is 18.3 Å². The summed E-state index contributed by atoms with van der Waals surface area (Å²) in [5.74, 6) is 1.43. The molecular weight excluding hydrogens is 166 g/mol. The number of aryl methyl sites for hydroxylation is 1. The van der Waals surface area contributed by atoms with E-state index in [9.17, 15) is 0 Å². The second-order valence-electron chi connectivity index (χ2n) is 4.42. The smallest absolute Gasteiger partial charge is 0.321 e. The predicted octanol–water partition coefficient (Wildman–Crippen LogP) is 1.84. The second kappa shape index (κ2) is 2.72. The molecule has 1 aromatic rings. The Morgan fingerprint density at radius 2 is 2.31 bits per heavy atom. The molecule has 0 radical (unpaired) electrons. The van der Waals surface area contributed by atoms with Gasteiger partial charge in [0, 0.05) is 6.54 Å². The highest BCUT2D eigenvalue weighted by molar-refractivity contribution is 5.19. The van der Waals surface area contributed by atoms with Crippen molar-refractivity contribution < 1.29 is 4.52 Å². The van der Waals surface area contributed by atoms with E-state index in [4.69, 9.17) is 4.52 Å². The molecule has 1 aliphatic rings. The van der Waals surface area contributed by atoms with Crippen LogP contribution >= 0.6 is 0 Å². The Labute approximate surface area is 77.7 Å². The number of hydrogen-bond acceptors (Lipinski definition) is 4. The topological polar surface area (TPSA) is 51.0 Å². The van der Waals surface area contributed by atoms with Gasteiger partial charge in [-0.15, -0.1) is 0 Å². The van der Waals surface area contributed by atoms with E-state index in [0.29, 0.717) is 17.3 Å². The highest BCUT2D eigenvalue weighted by atomic mass is 16.5. The maximum atomic E-state index is 4.94. The number of nitrogens with zero attached hydrogens (tertiary/aromatic N) is 2. The highest BCUT2D eigenvalue weighted by Gasteiger charge is 2.45. The van der Waals surface area contributed by atoms with E-state index in [-0.39, 0.29) is 0 Å². The standard InChI is InChI=1S/C9H15N3O/c1-6-11-8(13-12-6)10-5-7-4-9(7,2)3/h7H,4-5H2,1-3H3,(H,10,11,12). The van der Waals surface area contributed by atoms with Crippen molar-refractivity contribution in [3.8, 4) is 0 Å². The average molecular weight is 181 g/mol. The molecule has 4 nitrogen and oxygen atoms in total. The van der Waals surface area contributed by atoms with Crippen LogP contribution < -0.4 is 5.32 Å². The van der Waals surface area contributed by atoms with Crippen LogP contribution in [0.25, 0.3) is 0 Å². The lowest BCUT2D eigenvalue weighted by molar-refractivity contribution is 0.423. The third kappa shape index (κ3) is 1.82. The van der Waals surface area contributed by atoms with E-state index in [2.05, 4.69) is 29.3 Å². The first kappa shape index (κ1) is 8.53. The summed E-state index contributed by atoms with van der Waals surface area (Å²) in [6.07, 6.45) is 1.28. The van der Waals surface area contributed by atoms with Gasteiger partial charge in [-0.3, -0.25) is 0 Å². The molecule has 2 rings (SSSR count). The first-order chi connectivity index (χ1) is 6.08. The number of anilines is 1. The molecule has 0 spiro atoms. The summed E-state index contributed by atoms with van der Waals surface area (Å²) >= 11 is 0. The van der Waals surface area contributed by atoms with Gasteiger partial charge in [-0.2, -0.15) is 4.98 Å². The van der Waals surface area contributed by atoms with E-state index in [0.717, 1.165) is 12.5 Å². The fraction of sp³-hybridized carbons (Fsp3) is 0.778. The zero-order valence-electron chi connectivity index (χ0n) is 8.29. The fourth-order valence-electron chi connectivity index (χ4n) is 1.50. The van der Waals surface area contributed by atoms with Gasteiger partial charge in [0.25, 0.3) is 0 Å². The molecule has 4 heteroatoms. The van der Waals surface area contributed by atoms with Gasteiger partial charge in [-0.25, -0.2) is 0 Å². The molecule has 72 valence electrons. The molecular formula is C9H15N3O. The van der Waals surface area contributed by atoms with E-state index in [1.165, 1.54) is 6.42 Å². The Morgan fingerprint density at radius 3 is 2.77 bits per heavy atom. The lowest BCUT2D eigenvalue weighted by atomic mass is 10.1. The monoisotopic (exact) mass is 181 g/mol. The number of nitrogens with one attached hydrogen (secondary N) is 1. The first-order valence-corrected chi connectivity index (χ1v) is 4.62. The maximum Gasteiger partial charge on any atom is 0.321 e. The maximum absolute atomic E-state index is 4.94. The second-order valence-corrected chi connectivity index (χ2v) is 4.42. The highest BCUT2D eigenvalue weighted by Crippen LogP contribution is 2.51. The number of aromatic nitrogens is 2. The van der Waals surface area contributed by atoms with Crippen LogP contribution in [0.15, 0.2) is 4.52 Å². The summed E-state index contributed by atoms with van der Waals surface area (Å²) in [7, 11) is 0. The van der Waals surface area contributed by atoms with Crippen molar-refractivity contribution in [2.45, 2.75) is 27.2 Å². The van der Waals surface area contributed by atoms with Gasteiger partial charge in [-0.05, 0) is 24.7 Å². The molecule has 0 bridgehead atoms. The zero-order valence-corrected chi connectivity index (χ0v) is 8.29. The molecule has 1 aromatic heterocycles. The first-order valence-electron chi connectivity index (χ1n) is 4.62. The molecule has 1 fully saturated rings. The molecule has 1 atom stereocenters. The van der Waals surface area contributed by atoms with Crippen LogP contribution in [0.4, 0.5) is 6.01 Å². The Kier molecular flexibility index (Phi) is 1.78. The zero-order chi connectivity index (χ0) is 9.47. The molecule has 0 aromatic carbocycles. The van der Waals surface area contributed by atoms with Crippen LogP contribution in [0.5, 0.6) is 0 Å². The Morgan fingerprint density at radius 1 is 1.62 bits per heavy atom. The van der Waals surface area contributed by atoms with Crippen molar-refractivity contribution in [2.24, 2.45) is 11.3 Å². The van der Waals surface area contributed by atoms with Crippen LogP contribution in [0.2, 0.25) is 0 Å².